The van der Waals surface area contributed by atoms with E-state index in [-0.39, 0.29) is 5.63 Å². The van der Waals surface area contributed by atoms with Crippen LogP contribution in [0.2, 0.25) is 0 Å². The van der Waals surface area contributed by atoms with E-state index >= 15 is 0 Å². The molecule has 2 heterocycles. The number of hydrogen-bond donors (Lipinski definition) is 1. The molecule has 0 unspecified atom stereocenters. The number of fused-ring (bicyclic) bond motifs is 3. The van der Waals surface area contributed by atoms with Gasteiger partial charge in [-0.3, -0.25) is 4.99 Å². The second-order valence-electron chi connectivity index (χ2n) is 5.51. The molecule has 0 atom stereocenters. The number of nitrogens with one attached hydrogen (secondary N) is 1. The second-order valence-corrected chi connectivity index (χ2v) is 6.47. The molecular weight excluding hydrogens is 308 g/mol. The van der Waals surface area contributed by atoms with E-state index < -0.39 is 0 Å². The van der Waals surface area contributed by atoms with Crippen LogP contribution >= 0.6 is 11.8 Å². The van der Waals surface area contributed by atoms with Crippen molar-refractivity contribution in [3.63, 3.8) is 0 Å². The Morgan fingerprint density at radius 1 is 1.22 bits per heavy atom. The number of amidine groups is 1. The minimum atomic E-state index is -0.304. The van der Waals surface area contributed by atoms with Crippen LogP contribution in [0.3, 0.4) is 0 Å². The summed E-state index contributed by atoms with van der Waals surface area (Å²) in [5.74, 6) is 0.696. The zero-order chi connectivity index (χ0) is 15.6. The van der Waals surface area contributed by atoms with Gasteiger partial charge in [-0.25, -0.2) is 4.79 Å². The van der Waals surface area contributed by atoms with Crippen LogP contribution in [-0.4, -0.2) is 18.3 Å². The van der Waals surface area contributed by atoms with Crippen LogP contribution in [-0.2, 0) is 5.75 Å². The van der Waals surface area contributed by atoms with E-state index in [2.05, 4.69) is 22.4 Å². The molecule has 0 fully saturated rings. The van der Waals surface area contributed by atoms with Gasteiger partial charge in [-0.15, -0.1) is 0 Å². The highest BCUT2D eigenvalue weighted by atomic mass is 32.2. The Bertz CT molecular complexity index is 962. The molecule has 0 saturated heterocycles. The van der Waals surface area contributed by atoms with Crippen molar-refractivity contribution < 1.29 is 4.42 Å². The largest absolute Gasteiger partial charge is 0.423 e. The lowest BCUT2D eigenvalue weighted by molar-refractivity contribution is 0.560. The van der Waals surface area contributed by atoms with Crippen molar-refractivity contribution in [2.75, 3.05) is 13.1 Å². The highest BCUT2D eigenvalue weighted by molar-refractivity contribution is 8.13. The van der Waals surface area contributed by atoms with Crippen molar-refractivity contribution in [1.29, 1.82) is 0 Å². The Kier molecular flexibility index (Phi) is 3.79. The minimum absolute atomic E-state index is 0.304. The number of aliphatic imine (C=N–C) groups is 1. The lowest BCUT2D eigenvalue weighted by atomic mass is 10.0. The molecule has 5 heteroatoms. The van der Waals surface area contributed by atoms with Crippen molar-refractivity contribution >= 4 is 38.7 Å². The number of thioether (sulfide) groups is 1. The maximum absolute atomic E-state index is 11.9. The predicted octanol–water partition coefficient (Wildman–Crippen LogP) is 3.53. The van der Waals surface area contributed by atoms with E-state index in [1.807, 2.05) is 24.3 Å². The molecule has 1 aliphatic rings. The molecule has 1 aliphatic heterocycles. The molecule has 2 aromatic carbocycles. The van der Waals surface area contributed by atoms with Crippen LogP contribution < -0.4 is 10.9 Å². The van der Waals surface area contributed by atoms with Crippen molar-refractivity contribution in [2.24, 2.45) is 4.99 Å². The summed E-state index contributed by atoms with van der Waals surface area (Å²) < 4.78 is 5.39. The van der Waals surface area contributed by atoms with E-state index in [9.17, 15) is 4.79 Å². The van der Waals surface area contributed by atoms with E-state index in [4.69, 9.17) is 4.42 Å². The molecule has 0 saturated carbocycles. The van der Waals surface area contributed by atoms with Gasteiger partial charge in [0.1, 0.15) is 5.58 Å². The molecular formula is C18H16N2O2S. The van der Waals surface area contributed by atoms with Gasteiger partial charge in [-0.1, -0.05) is 42.1 Å². The Balaban J connectivity index is 1.82. The maximum Gasteiger partial charge on any atom is 0.336 e. The summed E-state index contributed by atoms with van der Waals surface area (Å²) in [5, 5.41) is 7.54. The van der Waals surface area contributed by atoms with Gasteiger partial charge < -0.3 is 9.73 Å². The number of hydrogen-bond acceptors (Lipinski definition) is 5. The Morgan fingerprint density at radius 3 is 3.00 bits per heavy atom. The summed E-state index contributed by atoms with van der Waals surface area (Å²) in [5.41, 5.74) is 1.33. The number of benzene rings is 2. The molecule has 3 aromatic rings. The van der Waals surface area contributed by atoms with Crippen LogP contribution in [0.5, 0.6) is 0 Å². The summed E-state index contributed by atoms with van der Waals surface area (Å²) >= 11 is 1.64. The van der Waals surface area contributed by atoms with Gasteiger partial charge in [0.15, 0.2) is 5.17 Å². The van der Waals surface area contributed by atoms with Crippen molar-refractivity contribution in [1.82, 2.24) is 5.32 Å². The molecule has 4 nitrogen and oxygen atoms in total. The maximum atomic E-state index is 11.9. The molecule has 0 amide bonds. The Labute approximate surface area is 137 Å². The van der Waals surface area contributed by atoms with Gasteiger partial charge in [0, 0.05) is 30.3 Å². The Morgan fingerprint density at radius 2 is 2.13 bits per heavy atom. The topological polar surface area (TPSA) is 54.6 Å². The third-order valence-corrected chi connectivity index (χ3v) is 4.95. The normalized spacial score (nSPS) is 14.7. The third kappa shape index (κ3) is 2.84. The zero-order valence-corrected chi connectivity index (χ0v) is 13.4. The van der Waals surface area contributed by atoms with E-state index in [1.54, 1.807) is 17.8 Å². The van der Waals surface area contributed by atoms with E-state index in [1.165, 1.54) is 0 Å². The van der Waals surface area contributed by atoms with Gasteiger partial charge in [0.2, 0.25) is 0 Å². The lowest BCUT2D eigenvalue weighted by Gasteiger charge is -2.14. The first-order chi connectivity index (χ1) is 11.3. The molecule has 0 bridgehead atoms. The average Bonchev–Trinajstić information content (AvgIpc) is 2.60. The molecule has 1 aromatic heterocycles. The smallest absolute Gasteiger partial charge is 0.336 e. The number of rotatable bonds is 2. The first-order valence-corrected chi connectivity index (χ1v) is 8.65. The van der Waals surface area contributed by atoms with Gasteiger partial charge in [-0.05, 0) is 28.8 Å². The summed E-state index contributed by atoms with van der Waals surface area (Å²) in [6, 6.07) is 13.6. The second kappa shape index (κ2) is 6.08. The summed E-state index contributed by atoms with van der Waals surface area (Å²) in [6.07, 6.45) is 1.08. The molecule has 0 aliphatic carbocycles. The molecule has 0 spiro atoms. The minimum Gasteiger partial charge on any atom is -0.423 e. The fourth-order valence-corrected chi connectivity index (χ4v) is 3.79. The monoisotopic (exact) mass is 324 g/mol. The SMILES string of the molecule is O=c1cc(CSC2=NCCCN2)c2c(ccc3ccccc32)o1. The highest BCUT2D eigenvalue weighted by Crippen LogP contribution is 2.29. The summed E-state index contributed by atoms with van der Waals surface area (Å²) in [7, 11) is 0. The first-order valence-electron chi connectivity index (χ1n) is 7.67. The van der Waals surface area contributed by atoms with Crippen LogP contribution in [0.25, 0.3) is 21.7 Å². The van der Waals surface area contributed by atoms with Gasteiger partial charge in [0.25, 0.3) is 0 Å². The molecule has 0 radical (unpaired) electrons. The van der Waals surface area contributed by atoms with Crippen LogP contribution in [0.4, 0.5) is 0 Å². The average molecular weight is 324 g/mol. The van der Waals surface area contributed by atoms with Crippen molar-refractivity contribution in [2.45, 2.75) is 12.2 Å². The van der Waals surface area contributed by atoms with Gasteiger partial charge in [-0.2, -0.15) is 0 Å². The van der Waals surface area contributed by atoms with Crippen LogP contribution in [0.15, 0.2) is 56.7 Å². The molecule has 1 N–H and O–H groups in total. The quantitative estimate of drug-likeness (QED) is 0.579. The Hall–Kier alpha value is -2.27. The number of nitrogens with zero attached hydrogens (tertiary/aromatic N) is 1. The van der Waals surface area contributed by atoms with Crippen molar-refractivity contribution in [3.8, 4) is 0 Å². The zero-order valence-electron chi connectivity index (χ0n) is 12.5. The van der Waals surface area contributed by atoms with Gasteiger partial charge in [0.05, 0.1) is 0 Å². The van der Waals surface area contributed by atoms with Crippen LogP contribution in [0.1, 0.15) is 12.0 Å². The standard InChI is InChI=1S/C18H16N2O2S/c21-16-10-13(11-23-18-19-8-3-9-20-18)17-14-5-2-1-4-12(14)6-7-15(17)22-16/h1-2,4-7,10H,3,8-9,11H2,(H,19,20). The molecule has 116 valence electrons. The summed E-state index contributed by atoms with van der Waals surface area (Å²) in [4.78, 5) is 16.3. The summed E-state index contributed by atoms with van der Waals surface area (Å²) in [6.45, 7) is 1.84. The fraction of sp³-hybridized carbons (Fsp3) is 0.222. The van der Waals surface area contributed by atoms with E-state index in [0.717, 1.165) is 46.4 Å². The van der Waals surface area contributed by atoms with Gasteiger partial charge >= 0.3 is 5.63 Å². The molecule has 23 heavy (non-hydrogen) atoms. The highest BCUT2D eigenvalue weighted by Gasteiger charge is 2.12. The lowest BCUT2D eigenvalue weighted by Crippen LogP contribution is -2.26. The van der Waals surface area contributed by atoms with Crippen molar-refractivity contribution in [3.05, 3.63) is 58.4 Å². The predicted molar refractivity (Wildman–Crippen MR) is 96.2 cm³/mol. The third-order valence-electron chi connectivity index (χ3n) is 3.95. The first kappa shape index (κ1) is 14.3. The van der Waals surface area contributed by atoms with Crippen LogP contribution in [0, 0.1) is 0 Å². The van der Waals surface area contributed by atoms with E-state index in [0.29, 0.717) is 11.3 Å². The fourth-order valence-electron chi connectivity index (χ4n) is 2.89. The molecule has 4 rings (SSSR count).